The normalized spacial score (nSPS) is 11.4. The summed E-state index contributed by atoms with van der Waals surface area (Å²) in [7, 11) is 0. The molecule has 0 aliphatic heterocycles. The van der Waals surface area contributed by atoms with Crippen LogP contribution in [0.3, 0.4) is 0 Å². The second-order valence-electron chi connectivity index (χ2n) is 3.53. The van der Waals surface area contributed by atoms with E-state index in [-0.39, 0.29) is 11.0 Å². The van der Waals surface area contributed by atoms with Crippen LogP contribution >= 0.6 is 23.2 Å². The second-order valence-corrected chi connectivity index (χ2v) is 4.36. The van der Waals surface area contributed by atoms with E-state index >= 15 is 0 Å². The fraction of sp³-hybridized carbons (Fsp3) is 0.0909. The summed E-state index contributed by atoms with van der Waals surface area (Å²) in [5, 5.41) is 2.82. The van der Waals surface area contributed by atoms with Crippen LogP contribution in [0.4, 0.5) is 24.7 Å². The molecule has 0 saturated heterocycles. The molecule has 8 heteroatoms. The molecule has 0 radical (unpaired) electrons. The van der Waals surface area contributed by atoms with E-state index < -0.39 is 12.0 Å². The van der Waals surface area contributed by atoms with Gasteiger partial charge in [-0.1, -0.05) is 29.3 Å². The number of nitrogens with one attached hydrogen (secondary N) is 1. The third-order valence-corrected chi connectivity index (χ3v) is 2.47. The minimum Gasteiger partial charge on any atom is -0.340 e. The van der Waals surface area contributed by atoms with Gasteiger partial charge < -0.3 is 5.32 Å². The van der Waals surface area contributed by atoms with Gasteiger partial charge >= 0.3 is 6.18 Å². The standard InChI is InChI=1S/C11H6Cl2F3N3/c12-6-2-1-3-7(4-6)17-9-5-8(13)18-10(19-9)11(14,15)16/h1-5H,(H,17,18,19). The fourth-order valence-corrected chi connectivity index (χ4v) is 1.70. The van der Waals surface area contributed by atoms with E-state index in [1.807, 2.05) is 0 Å². The van der Waals surface area contributed by atoms with Crippen LogP contribution in [0.5, 0.6) is 0 Å². The van der Waals surface area contributed by atoms with Gasteiger partial charge in [0.1, 0.15) is 11.0 Å². The summed E-state index contributed by atoms with van der Waals surface area (Å²) < 4.78 is 37.6. The van der Waals surface area contributed by atoms with Crippen molar-refractivity contribution in [3.05, 3.63) is 46.3 Å². The number of rotatable bonds is 2. The molecule has 0 bridgehead atoms. The molecule has 0 aliphatic carbocycles. The predicted molar refractivity (Wildman–Crippen MR) is 66.8 cm³/mol. The van der Waals surface area contributed by atoms with Gasteiger partial charge in [-0.05, 0) is 18.2 Å². The van der Waals surface area contributed by atoms with Crippen LogP contribution in [-0.2, 0) is 6.18 Å². The molecule has 0 spiro atoms. The van der Waals surface area contributed by atoms with Crippen molar-refractivity contribution in [2.45, 2.75) is 6.18 Å². The van der Waals surface area contributed by atoms with E-state index in [1.165, 1.54) is 6.07 Å². The maximum absolute atomic E-state index is 12.5. The summed E-state index contributed by atoms with van der Waals surface area (Å²) in [6, 6.07) is 7.66. The average Bonchev–Trinajstić information content (AvgIpc) is 2.26. The maximum Gasteiger partial charge on any atom is 0.451 e. The Morgan fingerprint density at radius 1 is 1.05 bits per heavy atom. The van der Waals surface area contributed by atoms with E-state index in [9.17, 15) is 13.2 Å². The highest BCUT2D eigenvalue weighted by atomic mass is 35.5. The predicted octanol–water partition coefficient (Wildman–Crippen LogP) is 4.55. The lowest BCUT2D eigenvalue weighted by Gasteiger charge is -2.09. The summed E-state index contributed by atoms with van der Waals surface area (Å²) in [5.74, 6) is -1.36. The molecule has 1 aromatic heterocycles. The first-order valence-electron chi connectivity index (χ1n) is 4.99. The maximum atomic E-state index is 12.5. The first-order chi connectivity index (χ1) is 8.84. The van der Waals surface area contributed by atoms with E-state index in [2.05, 4.69) is 15.3 Å². The van der Waals surface area contributed by atoms with Crippen LogP contribution in [0, 0.1) is 0 Å². The van der Waals surface area contributed by atoms with Crippen molar-refractivity contribution >= 4 is 34.7 Å². The van der Waals surface area contributed by atoms with Gasteiger partial charge in [-0.25, -0.2) is 9.97 Å². The Labute approximate surface area is 116 Å². The van der Waals surface area contributed by atoms with E-state index in [0.717, 1.165) is 0 Å². The molecule has 2 aromatic rings. The minimum atomic E-state index is -4.66. The second kappa shape index (κ2) is 5.22. The third-order valence-electron chi connectivity index (χ3n) is 2.05. The van der Waals surface area contributed by atoms with Crippen molar-refractivity contribution in [2.24, 2.45) is 0 Å². The monoisotopic (exact) mass is 307 g/mol. The van der Waals surface area contributed by atoms with Gasteiger partial charge in [0.25, 0.3) is 0 Å². The first-order valence-corrected chi connectivity index (χ1v) is 5.74. The van der Waals surface area contributed by atoms with Gasteiger partial charge in [-0.3, -0.25) is 0 Å². The van der Waals surface area contributed by atoms with Gasteiger partial charge in [-0.2, -0.15) is 13.2 Å². The molecule has 0 amide bonds. The van der Waals surface area contributed by atoms with Crippen LogP contribution in [0.25, 0.3) is 0 Å². The molecule has 1 heterocycles. The summed E-state index contributed by atoms with van der Waals surface area (Å²) in [6.07, 6.45) is -4.66. The molecule has 0 aliphatic rings. The Morgan fingerprint density at radius 2 is 1.79 bits per heavy atom. The molecule has 0 fully saturated rings. The highest BCUT2D eigenvalue weighted by molar-refractivity contribution is 6.31. The van der Waals surface area contributed by atoms with Crippen LogP contribution in [0.15, 0.2) is 30.3 Å². The van der Waals surface area contributed by atoms with Crippen molar-refractivity contribution in [1.82, 2.24) is 9.97 Å². The lowest BCUT2D eigenvalue weighted by molar-refractivity contribution is -0.144. The summed E-state index contributed by atoms with van der Waals surface area (Å²) in [6.45, 7) is 0. The molecule has 19 heavy (non-hydrogen) atoms. The number of nitrogens with zero attached hydrogens (tertiary/aromatic N) is 2. The molecule has 1 N–H and O–H groups in total. The Balaban J connectivity index is 2.33. The zero-order valence-corrected chi connectivity index (χ0v) is 10.7. The van der Waals surface area contributed by atoms with Gasteiger partial charge in [0, 0.05) is 16.8 Å². The highest BCUT2D eigenvalue weighted by Gasteiger charge is 2.35. The van der Waals surface area contributed by atoms with Gasteiger partial charge in [0.05, 0.1) is 0 Å². The van der Waals surface area contributed by atoms with Crippen LogP contribution in [0.2, 0.25) is 10.2 Å². The Bertz CT molecular complexity index is 602. The molecular weight excluding hydrogens is 302 g/mol. The molecule has 3 nitrogen and oxygen atoms in total. The Morgan fingerprint density at radius 3 is 2.42 bits per heavy atom. The molecule has 0 unspecified atom stereocenters. The van der Waals surface area contributed by atoms with Crippen LogP contribution in [0.1, 0.15) is 5.82 Å². The van der Waals surface area contributed by atoms with Crippen molar-refractivity contribution in [1.29, 1.82) is 0 Å². The topological polar surface area (TPSA) is 37.8 Å². The number of benzene rings is 1. The van der Waals surface area contributed by atoms with E-state index in [0.29, 0.717) is 10.7 Å². The van der Waals surface area contributed by atoms with Crippen LogP contribution < -0.4 is 5.32 Å². The third kappa shape index (κ3) is 3.71. The lowest BCUT2D eigenvalue weighted by Crippen LogP contribution is -2.12. The smallest absolute Gasteiger partial charge is 0.340 e. The summed E-state index contributed by atoms with van der Waals surface area (Å²) in [5.41, 5.74) is 0.496. The fourth-order valence-electron chi connectivity index (χ4n) is 1.32. The zero-order valence-electron chi connectivity index (χ0n) is 9.17. The van der Waals surface area contributed by atoms with Crippen molar-refractivity contribution in [3.63, 3.8) is 0 Å². The van der Waals surface area contributed by atoms with Crippen molar-refractivity contribution in [2.75, 3.05) is 5.32 Å². The molecule has 1 aromatic carbocycles. The molecular formula is C11H6Cl2F3N3. The van der Waals surface area contributed by atoms with Crippen molar-refractivity contribution < 1.29 is 13.2 Å². The van der Waals surface area contributed by atoms with Gasteiger partial charge in [0.15, 0.2) is 0 Å². The largest absolute Gasteiger partial charge is 0.451 e. The minimum absolute atomic E-state index is 0.0606. The van der Waals surface area contributed by atoms with Crippen molar-refractivity contribution in [3.8, 4) is 0 Å². The molecule has 0 saturated carbocycles. The van der Waals surface area contributed by atoms with Gasteiger partial charge in [-0.15, -0.1) is 0 Å². The summed E-state index contributed by atoms with van der Waals surface area (Å²) in [4.78, 5) is 6.48. The SMILES string of the molecule is FC(F)(F)c1nc(Cl)cc(Nc2cccc(Cl)c2)n1. The Kier molecular flexibility index (Phi) is 3.82. The van der Waals surface area contributed by atoms with E-state index in [4.69, 9.17) is 23.2 Å². The highest BCUT2D eigenvalue weighted by Crippen LogP contribution is 2.29. The average molecular weight is 308 g/mol. The quantitative estimate of drug-likeness (QED) is 0.827. The molecule has 100 valence electrons. The number of hydrogen-bond acceptors (Lipinski definition) is 3. The first kappa shape index (κ1) is 13.9. The zero-order chi connectivity index (χ0) is 14.0. The molecule has 2 rings (SSSR count). The molecule has 0 atom stereocenters. The Hall–Kier alpha value is -1.53. The number of anilines is 2. The number of alkyl halides is 3. The number of halogens is 5. The summed E-state index contributed by atoms with van der Waals surface area (Å²) >= 11 is 11.3. The number of hydrogen-bond donors (Lipinski definition) is 1. The lowest BCUT2D eigenvalue weighted by atomic mass is 10.3. The van der Waals surface area contributed by atoms with Gasteiger partial charge in [0.2, 0.25) is 5.82 Å². The van der Waals surface area contributed by atoms with E-state index in [1.54, 1.807) is 24.3 Å². The number of aromatic nitrogens is 2. The van der Waals surface area contributed by atoms with Crippen LogP contribution in [-0.4, -0.2) is 9.97 Å².